The SMILES string of the molecule is CCCCCCCCOS(=O)(=O)c1ccc2c(Oc3c(F)c(F)c(-c4c(F)c(F)c(Oc5cc(S(=O)(=O)OCCCCCCCC)cc6cc(S(=O)(=O)OCCCCCCCC)ccc56)c(F)c4F)c(F)c3F)cc(C)cc2c1. The van der Waals surface area contributed by atoms with E-state index in [0.29, 0.717) is 43.7 Å². The van der Waals surface area contributed by atoms with Gasteiger partial charge in [0.1, 0.15) is 11.5 Å². The van der Waals surface area contributed by atoms with Crippen LogP contribution in [0.25, 0.3) is 32.7 Å². The maximum absolute atomic E-state index is 16.2. The van der Waals surface area contributed by atoms with Crippen LogP contribution in [-0.4, -0.2) is 45.1 Å². The summed E-state index contributed by atoms with van der Waals surface area (Å²) in [7, 11) is -13.6. The van der Waals surface area contributed by atoms with E-state index in [4.69, 9.17) is 22.0 Å². The van der Waals surface area contributed by atoms with E-state index in [1.165, 1.54) is 31.2 Å². The first-order valence-electron chi connectivity index (χ1n) is 26.5. The lowest BCUT2D eigenvalue weighted by atomic mass is 10.0. The van der Waals surface area contributed by atoms with Crippen LogP contribution in [0.2, 0.25) is 0 Å². The van der Waals surface area contributed by atoms with Crippen LogP contribution in [-0.2, 0) is 42.9 Å². The Balaban J connectivity index is 1.33. The smallest absolute Gasteiger partial charge is 0.297 e. The summed E-state index contributed by atoms with van der Waals surface area (Å²) in [5.41, 5.74) is -4.18. The Kier molecular flexibility index (Phi) is 22.5. The average molecular weight is 1170 g/mol. The van der Waals surface area contributed by atoms with Gasteiger partial charge in [-0.15, -0.1) is 0 Å². The molecule has 0 aliphatic heterocycles. The number of benzene rings is 6. The van der Waals surface area contributed by atoms with Crippen LogP contribution in [0, 0.1) is 53.5 Å². The lowest BCUT2D eigenvalue weighted by Crippen LogP contribution is -2.10. The summed E-state index contributed by atoms with van der Waals surface area (Å²) in [6.07, 6.45) is 14.7. The van der Waals surface area contributed by atoms with Crippen LogP contribution in [0.3, 0.4) is 0 Å². The van der Waals surface area contributed by atoms with Crippen LogP contribution in [0.15, 0.2) is 75.4 Å². The van der Waals surface area contributed by atoms with Crippen molar-refractivity contribution in [3.05, 3.63) is 113 Å². The molecule has 0 atom stereocenters. The zero-order valence-electron chi connectivity index (χ0n) is 44.4. The Morgan fingerprint density at radius 2 is 0.658 bits per heavy atom. The highest BCUT2D eigenvalue weighted by atomic mass is 32.2. The number of halogens is 8. The number of hydrogen-bond donors (Lipinski definition) is 0. The van der Waals surface area contributed by atoms with Crippen molar-refractivity contribution < 1.29 is 82.4 Å². The molecule has 0 amide bonds. The standard InChI is InChI=1S/C57H64F8O11S3/c1-5-8-11-14-17-20-27-72-77(66,67)39-23-25-42-37(32-39)30-36(4)31-44(42)75-56-52(62)48(58)46(49(59)53(56)63)47-50(60)54(64)57(55(65)51(47)61)76-45-35-41(79(70,71)74-29-22-19-16-13-10-7-3)34-38-33-40(24-26-43(38)45)78(68,69)73-28-21-18-15-12-9-6-2/h23-26,30-35H,5-22,27-29H2,1-4H3. The van der Waals surface area contributed by atoms with E-state index in [1.807, 2.05) is 13.8 Å². The van der Waals surface area contributed by atoms with Gasteiger partial charge < -0.3 is 9.47 Å². The first-order chi connectivity index (χ1) is 37.6. The molecule has 79 heavy (non-hydrogen) atoms. The molecule has 6 aromatic carbocycles. The van der Waals surface area contributed by atoms with Gasteiger partial charge in [0.15, 0.2) is 23.3 Å². The van der Waals surface area contributed by atoms with Crippen molar-refractivity contribution in [1.82, 2.24) is 0 Å². The number of rotatable bonds is 32. The Bertz CT molecular complexity index is 3410. The van der Waals surface area contributed by atoms with Crippen LogP contribution in [0.1, 0.15) is 142 Å². The number of ether oxygens (including phenoxy) is 2. The van der Waals surface area contributed by atoms with Crippen molar-refractivity contribution >= 4 is 51.9 Å². The highest BCUT2D eigenvalue weighted by Gasteiger charge is 2.36. The fraction of sp³-hybridized carbons (Fsp3) is 0.439. The van der Waals surface area contributed by atoms with Gasteiger partial charge in [0.25, 0.3) is 30.4 Å². The summed E-state index contributed by atoms with van der Waals surface area (Å²) >= 11 is 0. The summed E-state index contributed by atoms with van der Waals surface area (Å²) in [5, 5.41) is -0.435. The Morgan fingerprint density at radius 1 is 0.354 bits per heavy atom. The molecule has 0 aliphatic rings. The van der Waals surface area contributed by atoms with Crippen LogP contribution < -0.4 is 9.47 Å². The minimum atomic E-state index is -4.77. The molecule has 0 saturated carbocycles. The molecule has 0 unspecified atom stereocenters. The lowest BCUT2D eigenvalue weighted by molar-refractivity contribution is 0.305. The second kappa shape index (κ2) is 28.3. The summed E-state index contributed by atoms with van der Waals surface area (Å²) in [4.78, 5) is -1.51. The minimum absolute atomic E-state index is 0.0177. The number of unbranched alkanes of at least 4 members (excludes halogenated alkanes) is 15. The molecule has 432 valence electrons. The van der Waals surface area contributed by atoms with Crippen molar-refractivity contribution in [2.45, 2.75) is 158 Å². The molecule has 0 saturated heterocycles. The van der Waals surface area contributed by atoms with E-state index in [1.54, 1.807) is 0 Å². The maximum atomic E-state index is 16.2. The third-order valence-electron chi connectivity index (χ3n) is 13.1. The van der Waals surface area contributed by atoms with E-state index < -0.39 is 121 Å². The zero-order chi connectivity index (χ0) is 57.7. The van der Waals surface area contributed by atoms with Gasteiger partial charge in [-0.3, -0.25) is 12.5 Å². The highest BCUT2D eigenvalue weighted by molar-refractivity contribution is 7.87. The molecule has 0 fully saturated rings. The monoisotopic (exact) mass is 1170 g/mol. The fourth-order valence-electron chi connectivity index (χ4n) is 8.79. The summed E-state index contributed by atoms with van der Waals surface area (Å²) in [6.45, 7) is 7.03. The van der Waals surface area contributed by atoms with Crippen molar-refractivity contribution in [2.75, 3.05) is 19.8 Å². The second-order valence-corrected chi connectivity index (χ2v) is 24.1. The molecule has 0 aliphatic carbocycles. The Morgan fingerprint density at radius 3 is 1.03 bits per heavy atom. The molecule has 6 aromatic rings. The van der Waals surface area contributed by atoms with Gasteiger partial charge in [-0.2, -0.15) is 42.8 Å². The van der Waals surface area contributed by atoms with Gasteiger partial charge >= 0.3 is 0 Å². The van der Waals surface area contributed by atoms with Crippen LogP contribution in [0.4, 0.5) is 35.1 Å². The number of aryl methyl sites for hydroxylation is 1. The molecular weight excluding hydrogens is 1110 g/mol. The predicted octanol–water partition coefficient (Wildman–Crippen LogP) is 16.9. The predicted molar refractivity (Wildman–Crippen MR) is 284 cm³/mol. The molecule has 6 rings (SSSR count). The Hall–Kier alpha value is -5.39. The van der Waals surface area contributed by atoms with Gasteiger partial charge in [0, 0.05) is 16.8 Å². The summed E-state index contributed by atoms with van der Waals surface area (Å²) in [6, 6.07) is 10.7. The van der Waals surface area contributed by atoms with Crippen molar-refractivity contribution in [3.8, 4) is 34.1 Å². The van der Waals surface area contributed by atoms with E-state index in [9.17, 15) is 25.3 Å². The molecule has 0 N–H and O–H groups in total. The summed E-state index contributed by atoms with van der Waals surface area (Å²) < 4.78 is 235. The van der Waals surface area contributed by atoms with Crippen LogP contribution in [0.5, 0.6) is 23.0 Å². The van der Waals surface area contributed by atoms with Gasteiger partial charge in [0.2, 0.25) is 34.8 Å². The van der Waals surface area contributed by atoms with Crippen molar-refractivity contribution in [3.63, 3.8) is 0 Å². The topological polar surface area (TPSA) is 149 Å². The molecule has 11 nitrogen and oxygen atoms in total. The molecule has 22 heteroatoms. The first kappa shape index (κ1) is 62.8. The van der Waals surface area contributed by atoms with Gasteiger partial charge in [0.05, 0.1) is 45.6 Å². The molecule has 0 bridgehead atoms. The first-order valence-corrected chi connectivity index (χ1v) is 30.7. The lowest BCUT2D eigenvalue weighted by Gasteiger charge is -2.18. The minimum Gasteiger partial charge on any atom is -0.450 e. The maximum Gasteiger partial charge on any atom is 0.297 e. The normalized spacial score (nSPS) is 12.3. The van der Waals surface area contributed by atoms with Crippen molar-refractivity contribution in [1.29, 1.82) is 0 Å². The average Bonchev–Trinajstić information content (AvgIpc) is 3.57. The largest absolute Gasteiger partial charge is 0.450 e. The molecule has 0 radical (unpaired) electrons. The number of hydrogen-bond acceptors (Lipinski definition) is 11. The molecule has 0 heterocycles. The van der Waals surface area contributed by atoms with Crippen molar-refractivity contribution in [2.24, 2.45) is 0 Å². The third-order valence-corrected chi connectivity index (χ3v) is 17.0. The summed E-state index contributed by atoms with van der Waals surface area (Å²) in [5.74, 6) is -25.2. The van der Waals surface area contributed by atoms with Crippen LogP contribution >= 0.6 is 0 Å². The van der Waals surface area contributed by atoms with E-state index in [-0.39, 0.29) is 46.3 Å². The van der Waals surface area contributed by atoms with Gasteiger partial charge in [-0.25, -0.2) is 17.6 Å². The third kappa shape index (κ3) is 15.5. The molecule has 0 spiro atoms. The molecular formula is C57H64F8O11S3. The van der Waals surface area contributed by atoms with Gasteiger partial charge in [-0.1, -0.05) is 123 Å². The van der Waals surface area contributed by atoms with Gasteiger partial charge in [-0.05, 0) is 91.1 Å². The fourth-order valence-corrected chi connectivity index (χ4v) is 11.7. The molecule has 0 aromatic heterocycles. The number of fused-ring (bicyclic) bond motifs is 2. The second-order valence-electron chi connectivity index (χ2n) is 19.2. The van der Waals surface area contributed by atoms with E-state index >= 15 is 35.1 Å². The highest BCUT2D eigenvalue weighted by Crippen LogP contribution is 2.45. The zero-order valence-corrected chi connectivity index (χ0v) is 46.8. The Labute approximate surface area is 456 Å². The van der Waals surface area contributed by atoms with E-state index in [0.717, 1.165) is 114 Å². The quantitative estimate of drug-likeness (QED) is 0.0172. The van der Waals surface area contributed by atoms with E-state index in [2.05, 4.69) is 6.92 Å².